The number of imidazole rings is 1. The largest absolute Gasteiger partial charge is 0.492 e. The number of guanidine groups is 1. The van der Waals surface area contributed by atoms with Crippen LogP contribution in [0.25, 0.3) is 0 Å². The van der Waals surface area contributed by atoms with Crippen LogP contribution in [0.1, 0.15) is 6.92 Å². The molecule has 0 bridgehead atoms. The number of nitrogens with one attached hydrogen (secondary N) is 1. The summed E-state index contributed by atoms with van der Waals surface area (Å²) < 4.78 is 7.75. The highest BCUT2D eigenvalue weighted by Crippen LogP contribution is 2.07. The number of hydrogen-bond donors (Lipinski definition) is 1. The van der Waals surface area contributed by atoms with Crippen LogP contribution in [-0.2, 0) is 6.54 Å². The molecule has 1 aromatic carbocycles. The molecule has 2 rings (SSSR count). The number of aromatic nitrogens is 2. The molecule has 0 saturated carbocycles. The molecule has 0 atom stereocenters. The molecule has 6 heteroatoms. The van der Waals surface area contributed by atoms with Crippen molar-refractivity contribution in [3.05, 3.63) is 49.1 Å². The van der Waals surface area contributed by atoms with Gasteiger partial charge in [-0.05, 0) is 19.1 Å². The van der Waals surface area contributed by atoms with Crippen LogP contribution >= 0.6 is 0 Å². The molecule has 0 radical (unpaired) electrons. The van der Waals surface area contributed by atoms with Crippen LogP contribution in [0.2, 0.25) is 0 Å². The minimum Gasteiger partial charge on any atom is -0.492 e. The molecule has 124 valence electrons. The summed E-state index contributed by atoms with van der Waals surface area (Å²) in [6.45, 7) is 5.83. The van der Waals surface area contributed by atoms with Gasteiger partial charge in [-0.3, -0.25) is 4.99 Å². The Morgan fingerprint density at radius 1 is 1.35 bits per heavy atom. The smallest absolute Gasteiger partial charge is 0.193 e. The Bertz CT molecular complexity index is 568. The van der Waals surface area contributed by atoms with Crippen molar-refractivity contribution in [1.29, 1.82) is 0 Å². The van der Waals surface area contributed by atoms with Crippen LogP contribution in [0.3, 0.4) is 0 Å². The molecule has 0 aliphatic rings. The lowest BCUT2D eigenvalue weighted by Gasteiger charge is -2.22. The van der Waals surface area contributed by atoms with Crippen molar-refractivity contribution >= 4 is 5.96 Å². The van der Waals surface area contributed by atoms with E-state index in [1.807, 2.05) is 48.1 Å². The van der Waals surface area contributed by atoms with Crippen molar-refractivity contribution in [1.82, 2.24) is 19.8 Å². The first-order valence-corrected chi connectivity index (χ1v) is 7.92. The fourth-order valence-corrected chi connectivity index (χ4v) is 2.08. The minimum atomic E-state index is 0.618. The van der Waals surface area contributed by atoms with E-state index in [4.69, 9.17) is 4.74 Å². The van der Waals surface area contributed by atoms with Gasteiger partial charge in [0.25, 0.3) is 0 Å². The van der Waals surface area contributed by atoms with E-state index in [0.717, 1.165) is 31.3 Å². The van der Waals surface area contributed by atoms with E-state index in [1.54, 1.807) is 12.5 Å². The third-order valence-electron chi connectivity index (χ3n) is 3.31. The van der Waals surface area contributed by atoms with Crippen molar-refractivity contribution in [3.63, 3.8) is 0 Å². The summed E-state index contributed by atoms with van der Waals surface area (Å²) in [7, 11) is 2.02. The van der Waals surface area contributed by atoms with Gasteiger partial charge in [0, 0.05) is 32.5 Å². The first-order chi connectivity index (χ1) is 11.3. The van der Waals surface area contributed by atoms with Crippen molar-refractivity contribution in [2.75, 3.05) is 33.3 Å². The highest BCUT2D eigenvalue weighted by atomic mass is 16.5. The quantitative estimate of drug-likeness (QED) is 0.597. The normalized spacial score (nSPS) is 11.3. The Morgan fingerprint density at radius 3 is 2.87 bits per heavy atom. The number of likely N-dealkylation sites (N-methyl/N-ethyl adjacent to an activating group) is 1. The summed E-state index contributed by atoms with van der Waals surface area (Å²) in [5.41, 5.74) is 0. The van der Waals surface area contributed by atoms with Gasteiger partial charge in [0.05, 0.1) is 19.4 Å². The summed E-state index contributed by atoms with van der Waals surface area (Å²) in [4.78, 5) is 10.8. The van der Waals surface area contributed by atoms with Crippen molar-refractivity contribution in [2.24, 2.45) is 4.99 Å². The Labute approximate surface area is 137 Å². The van der Waals surface area contributed by atoms with Gasteiger partial charge in [-0.15, -0.1) is 0 Å². The molecule has 1 aromatic heterocycles. The molecule has 23 heavy (non-hydrogen) atoms. The number of hydrogen-bond acceptors (Lipinski definition) is 3. The number of benzene rings is 1. The van der Waals surface area contributed by atoms with Crippen molar-refractivity contribution in [2.45, 2.75) is 13.5 Å². The maximum Gasteiger partial charge on any atom is 0.193 e. The molecule has 0 unspecified atom stereocenters. The van der Waals surface area contributed by atoms with Gasteiger partial charge in [-0.2, -0.15) is 0 Å². The highest BCUT2D eigenvalue weighted by Gasteiger charge is 2.05. The van der Waals surface area contributed by atoms with E-state index < -0.39 is 0 Å². The topological polar surface area (TPSA) is 54.7 Å². The first-order valence-electron chi connectivity index (χ1n) is 7.92. The third-order valence-corrected chi connectivity index (χ3v) is 3.31. The average Bonchev–Trinajstić information content (AvgIpc) is 3.08. The Balaban J connectivity index is 1.78. The summed E-state index contributed by atoms with van der Waals surface area (Å²) in [5.74, 6) is 1.78. The molecule has 1 N–H and O–H groups in total. The molecule has 0 saturated heterocycles. The standard InChI is InChI=1S/C17H25N5O/c1-3-19-17(20-10-12-22-11-9-18-15-22)21(2)13-14-23-16-7-5-4-6-8-16/h4-9,11,15H,3,10,12-14H2,1-2H3,(H,19,20). The van der Waals surface area contributed by atoms with Crippen LogP contribution in [0.15, 0.2) is 54.0 Å². The lowest BCUT2D eigenvalue weighted by molar-refractivity contribution is 0.281. The predicted molar refractivity (Wildman–Crippen MR) is 92.8 cm³/mol. The molecule has 0 amide bonds. The lowest BCUT2D eigenvalue weighted by atomic mass is 10.3. The second-order valence-corrected chi connectivity index (χ2v) is 5.12. The molecular weight excluding hydrogens is 290 g/mol. The van der Waals surface area contributed by atoms with Crippen LogP contribution in [0.5, 0.6) is 5.75 Å². The number of aliphatic imine (C=N–C) groups is 1. The average molecular weight is 315 g/mol. The molecule has 2 aromatic rings. The molecule has 6 nitrogen and oxygen atoms in total. The predicted octanol–water partition coefficient (Wildman–Crippen LogP) is 1.86. The third kappa shape index (κ3) is 6.02. The summed E-state index contributed by atoms with van der Waals surface area (Å²) in [5, 5.41) is 3.31. The van der Waals surface area contributed by atoms with E-state index in [-0.39, 0.29) is 0 Å². The number of ether oxygens (including phenoxy) is 1. The Kier molecular flexibility index (Phi) is 6.97. The Morgan fingerprint density at radius 2 is 2.17 bits per heavy atom. The zero-order chi connectivity index (χ0) is 16.3. The number of nitrogens with zero attached hydrogens (tertiary/aromatic N) is 4. The fraction of sp³-hybridized carbons (Fsp3) is 0.412. The Hall–Kier alpha value is -2.50. The SMILES string of the molecule is CCNC(=NCCn1ccnc1)N(C)CCOc1ccccc1. The van der Waals surface area contributed by atoms with Crippen LogP contribution in [-0.4, -0.2) is 53.7 Å². The second kappa shape index (κ2) is 9.50. The highest BCUT2D eigenvalue weighted by molar-refractivity contribution is 5.79. The lowest BCUT2D eigenvalue weighted by Crippen LogP contribution is -2.41. The first kappa shape index (κ1) is 16.9. The van der Waals surface area contributed by atoms with Gasteiger partial charge in [0.2, 0.25) is 0 Å². The van der Waals surface area contributed by atoms with E-state index in [9.17, 15) is 0 Å². The van der Waals surface area contributed by atoms with Crippen molar-refractivity contribution < 1.29 is 4.74 Å². The molecular formula is C17H25N5O. The van der Waals surface area contributed by atoms with Gasteiger partial charge in [0.15, 0.2) is 5.96 Å². The number of para-hydroxylation sites is 1. The molecule has 0 aliphatic carbocycles. The van der Waals surface area contributed by atoms with Gasteiger partial charge in [-0.1, -0.05) is 18.2 Å². The molecule has 0 aliphatic heterocycles. The molecule has 1 heterocycles. The zero-order valence-electron chi connectivity index (χ0n) is 13.9. The van der Waals surface area contributed by atoms with E-state index in [2.05, 4.69) is 27.1 Å². The van der Waals surface area contributed by atoms with E-state index >= 15 is 0 Å². The monoisotopic (exact) mass is 315 g/mol. The minimum absolute atomic E-state index is 0.618. The number of rotatable bonds is 8. The van der Waals surface area contributed by atoms with Crippen LogP contribution in [0.4, 0.5) is 0 Å². The summed E-state index contributed by atoms with van der Waals surface area (Å²) in [6, 6.07) is 9.85. The van der Waals surface area contributed by atoms with Gasteiger partial charge >= 0.3 is 0 Å². The zero-order valence-corrected chi connectivity index (χ0v) is 13.9. The van der Waals surface area contributed by atoms with Crippen LogP contribution < -0.4 is 10.1 Å². The van der Waals surface area contributed by atoms with Gasteiger partial charge in [-0.25, -0.2) is 4.98 Å². The van der Waals surface area contributed by atoms with Gasteiger partial charge in [0.1, 0.15) is 12.4 Å². The maximum absolute atomic E-state index is 5.73. The fourth-order valence-electron chi connectivity index (χ4n) is 2.08. The van der Waals surface area contributed by atoms with E-state index in [1.165, 1.54) is 0 Å². The van der Waals surface area contributed by atoms with Crippen LogP contribution in [0, 0.1) is 0 Å². The van der Waals surface area contributed by atoms with Crippen molar-refractivity contribution in [3.8, 4) is 5.75 Å². The molecule has 0 spiro atoms. The summed E-state index contributed by atoms with van der Waals surface area (Å²) >= 11 is 0. The van der Waals surface area contributed by atoms with E-state index in [0.29, 0.717) is 13.2 Å². The molecule has 0 fully saturated rings. The second-order valence-electron chi connectivity index (χ2n) is 5.12. The van der Waals surface area contributed by atoms with Gasteiger partial charge < -0.3 is 19.5 Å². The summed E-state index contributed by atoms with van der Waals surface area (Å²) in [6.07, 6.45) is 5.53. The maximum atomic E-state index is 5.73.